The summed E-state index contributed by atoms with van der Waals surface area (Å²) in [4.78, 5) is 0. The zero-order chi connectivity index (χ0) is 8.77. The standard InChI is InChI=1S/C10H12FN/c1-10(6-9(10)12)7-4-2-3-5-8(7)11/h2-5,9H,6,12H2,1H3/t9-,10-/m0/s1. The summed E-state index contributed by atoms with van der Waals surface area (Å²) in [5.74, 6) is -0.132. The molecule has 0 saturated heterocycles. The molecule has 0 spiro atoms. The topological polar surface area (TPSA) is 26.0 Å². The third-order valence-electron chi connectivity index (χ3n) is 2.79. The quantitative estimate of drug-likeness (QED) is 0.674. The molecule has 1 saturated carbocycles. The minimum atomic E-state index is -0.132. The van der Waals surface area contributed by atoms with E-state index >= 15 is 0 Å². The maximum Gasteiger partial charge on any atom is 0.127 e. The van der Waals surface area contributed by atoms with E-state index in [0.29, 0.717) is 0 Å². The molecule has 0 bridgehead atoms. The third kappa shape index (κ3) is 0.950. The Morgan fingerprint density at radius 1 is 1.50 bits per heavy atom. The summed E-state index contributed by atoms with van der Waals surface area (Å²) in [6.45, 7) is 2.01. The first-order valence-corrected chi connectivity index (χ1v) is 4.15. The van der Waals surface area contributed by atoms with Crippen molar-refractivity contribution in [2.24, 2.45) is 5.73 Å². The second kappa shape index (κ2) is 2.30. The van der Waals surface area contributed by atoms with E-state index in [9.17, 15) is 4.39 Å². The summed E-state index contributed by atoms with van der Waals surface area (Å²) in [5.41, 5.74) is 6.39. The van der Waals surface area contributed by atoms with Crippen LogP contribution >= 0.6 is 0 Å². The van der Waals surface area contributed by atoms with Crippen LogP contribution in [0.15, 0.2) is 24.3 Å². The van der Waals surface area contributed by atoms with Gasteiger partial charge in [-0.3, -0.25) is 0 Å². The highest BCUT2D eigenvalue weighted by molar-refractivity contribution is 5.35. The largest absolute Gasteiger partial charge is 0.327 e. The van der Waals surface area contributed by atoms with Crippen molar-refractivity contribution in [3.63, 3.8) is 0 Å². The van der Waals surface area contributed by atoms with E-state index in [1.807, 2.05) is 19.1 Å². The number of benzene rings is 1. The smallest absolute Gasteiger partial charge is 0.127 e. The lowest BCUT2D eigenvalue weighted by molar-refractivity contribution is 0.580. The van der Waals surface area contributed by atoms with E-state index in [-0.39, 0.29) is 17.3 Å². The lowest BCUT2D eigenvalue weighted by atomic mass is 9.97. The summed E-state index contributed by atoms with van der Waals surface area (Å²) in [7, 11) is 0. The van der Waals surface area contributed by atoms with Crippen LogP contribution in [0.2, 0.25) is 0 Å². The zero-order valence-corrected chi connectivity index (χ0v) is 7.05. The Labute approximate surface area is 71.4 Å². The molecule has 1 aliphatic rings. The van der Waals surface area contributed by atoms with Gasteiger partial charge < -0.3 is 5.73 Å². The van der Waals surface area contributed by atoms with Crippen molar-refractivity contribution in [2.75, 3.05) is 0 Å². The van der Waals surface area contributed by atoms with Crippen molar-refractivity contribution in [1.29, 1.82) is 0 Å². The van der Waals surface area contributed by atoms with Gasteiger partial charge in [0.15, 0.2) is 0 Å². The third-order valence-corrected chi connectivity index (χ3v) is 2.79. The van der Waals surface area contributed by atoms with E-state index in [4.69, 9.17) is 5.73 Å². The molecule has 2 heteroatoms. The Morgan fingerprint density at radius 3 is 2.58 bits per heavy atom. The van der Waals surface area contributed by atoms with Gasteiger partial charge in [-0.25, -0.2) is 4.39 Å². The zero-order valence-electron chi connectivity index (χ0n) is 7.05. The average molecular weight is 165 g/mol. The number of hydrogen-bond acceptors (Lipinski definition) is 1. The predicted octanol–water partition coefficient (Wildman–Crippen LogP) is 1.81. The molecule has 2 atom stereocenters. The van der Waals surface area contributed by atoms with Gasteiger partial charge >= 0.3 is 0 Å². The van der Waals surface area contributed by atoms with Crippen LogP contribution in [0.3, 0.4) is 0 Å². The fourth-order valence-corrected chi connectivity index (χ4v) is 1.63. The van der Waals surface area contributed by atoms with E-state index in [2.05, 4.69) is 0 Å². The van der Waals surface area contributed by atoms with Crippen molar-refractivity contribution >= 4 is 0 Å². The van der Waals surface area contributed by atoms with Crippen molar-refractivity contribution in [3.8, 4) is 0 Å². The van der Waals surface area contributed by atoms with Crippen molar-refractivity contribution in [1.82, 2.24) is 0 Å². The molecule has 1 aliphatic carbocycles. The van der Waals surface area contributed by atoms with Crippen LogP contribution in [-0.2, 0) is 5.41 Å². The normalized spacial score (nSPS) is 33.4. The molecule has 0 unspecified atom stereocenters. The molecule has 1 fully saturated rings. The van der Waals surface area contributed by atoms with Gasteiger partial charge in [0.2, 0.25) is 0 Å². The first kappa shape index (κ1) is 7.74. The Hall–Kier alpha value is -0.890. The number of hydrogen-bond donors (Lipinski definition) is 1. The Kier molecular flexibility index (Phi) is 1.48. The highest BCUT2D eigenvalue weighted by Gasteiger charge is 2.50. The molecule has 0 radical (unpaired) electrons. The van der Waals surface area contributed by atoms with Crippen LogP contribution < -0.4 is 5.73 Å². The molecule has 12 heavy (non-hydrogen) atoms. The van der Waals surface area contributed by atoms with E-state index < -0.39 is 0 Å². The molecule has 0 aliphatic heterocycles. The van der Waals surface area contributed by atoms with Gasteiger partial charge in [-0.05, 0) is 18.1 Å². The van der Waals surface area contributed by atoms with Gasteiger partial charge in [0.1, 0.15) is 5.82 Å². The summed E-state index contributed by atoms with van der Waals surface area (Å²) in [6.07, 6.45) is 0.897. The number of nitrogens with two attached hydrogens (primary N) is 1. The van der Waals surface area contributed by atoms with Gasteiger partial charge in [0.25, 0.3) is 0 Å². The molecule has 0 heterocycles. The molecule has 2 N–H and O–H groups in total. The van der Waals surface area contributed by atoms with Gasteiger partial charge in [0.05, 0.1) is 0 Å². The van der Waals surface area contributed by atoms with Gasteiger partial charge in [0, 0.05) is 11.5 Å². The number of rotatable bonds is 1. The second-order valence-electron chi connectivity index (χ2n) is 3.71. The van der Waals surface area contributed by atoms with Gasteiger partial charge in [-0.2, -0.15) is 0 Å². The summed E-state index contributed by atoms with van der Waals surface area (Å²) in [6, 6.07) is 7.01. The molecular weight excluding hydrogens is 153 g/mol. The lowest BCUT2D eigenvalue weighted by Crippen LogP contribution is -2.15. The minimum absolute atomic E-state index is 0.106. The molecular formula is C10H12FN. The first-order chi connectivity index (χ1) is 5.64. The van der Waals surface area contributed by atoms with E-state index in [1.54, 1.807) is 6.07 Å². The molecule has 1 aromatic carbocycles. The minimum Gasteiger partial charge on any atom is -0.327 e. The van der Waals surface area contributed by atoms with Crippen LogP contribution in [-0.4, -0.2) is 6.04 Å². The van der Waals surface area contributed by atoms with Gasteiger partial charge in [-0.1, -0.05) is 25.1 Å². The SMILES string of the molecule is C[C@@]1(c2ccccc2F)C[C@@H]1N. The van der Waals surface area contributed by atoms with Crippen LogP contribution in [0.25, 0.3) is 0 Å². The maximum atomic E-state index is 13.2. The summed E-state index contributed by atoms with van der Waals surface area (Å²) in [5, 5.41) is 0. The highest BCUT2D eigenvalue weighted by Crippen LogP contribution is 2.47. The van der Waals surface area contributed by atoms with Crippen molar-refractivity contribution in [2.45, 2.75) is 24.8 Å². The average Bonchev–Trinajstić information content (AvgIpc) is 2.61. The molecule has 1 aromatic rings. The highest BCUT2D eigenvalue weighted by atomic mass is 19.1. The summed E-state index contributed by atoms with van der Waals surface area (Å²) >= 11 is 0. The van der Waals surface area contributed by atoms with Crippen LogP contribution in [0.4, 0.5) is 4.39 Å². The molecule has 1 nitrogen and oxygen atoms in total. The monoisotopic (exact) mass is 165 g/mol. The van der Waals surface area contributed by atoms with Crippen LogP contribution in [0.5, 0.6) is 0 Å². The Balaban J connectivity index is 2.41. The van der Waals surface area contributed by atoms with Crippen molar-refractivity contribution < 1.29 is 4.39 Å². The van der Waals surface area contributed by atoms with E-state index in [0.717, 1.165) is 12.0 Å². The molecule has 0 amide bonds. The Morgan fingerprint density at radius 2 is 2.08 bits per heavy atom. The summed E-state index contributed by atoms with van der Waals surface area (Å²) < 4.78 is 13.2. The molecule has 0 aromatic heterocycles. The van der Waals surface area contributed by atoms with E-state index in [1.165, 1.54) is 6.07 Å². The van der Waals surface area contributed by atoms with Crippen molar-refractivity contribution in [3.05, 3.63) is 35.6 Å². The Bertz CT molecular complexity index is 310. The predicted molar refractivity (Wildman–Crippen MR) is 46.3 cm³/mol. The molecule has 2 rings (SSSR count). The fraction of sp³-hybridized carbons (Fsp3) is 0.400. The maximum absolute atomic E-state index is 13.2. The van der Waals surface area contributed by atoms with Gasteiger partial charge in [-0.15, -0.1) is 0 Å². The first-order valence-electron chi connectivity index (χ1n) is 4.15. The lowest BCUT2D eigenvalue weighted by Gasteiger charge is -2.10. The molecule has 64 valence electrons. The fourth-order valence-electron chi connectivity index (χ4n) is 1.63. The van der Waals surface area contributed by atoms with Crippen LogP contribution in [0, 0.1) is 5.82 Å². The number of halogens is 1. The second-order valence-corrected chi connectivity index (χ2v) is 3.71. The van der Waals surface area contributed by atoms with Crippen LogP contribution in [0.1, 0.15) is 18.9 Å².